The highest BCUT2D eigenvalue weighted by Crippen LogP contribution is 2.46. The Bertz CT molecular complexity index is 373. The van der Waals surface area contributed by atoms with Gasteiger partial charge in [-0.15, -0.1) is 0 Å². The van der Waals surface area contributed by atoms with Crippen LogP contribution in [0, 0.1) is 0 Å². The average molecular weight is 226 g/mol. The van der Waals surface area contributed by atoms with Crippen molar-refractivity contribution in [1.82, 2.24) is 0 Å². The van der Waals surface area contributed by atoms with Gasteiger partial charge in [0.15, 0.2) is 0 Å². The SMILES string of the molecule is CCCOP(=O)(C(C)=O)c1ccccc1. The summed E-state index contributed by atoms with van der Waals surface area (Å²) in [6.45, 7) is 3.56. The third-order valence-electron chi connectivity index (χ3n) is 1.99. The topological polar surface area (TPSA) is 43.4 Å². The molecule has 82 valence electrons. The molecule has 1 aromatic carbocycles. The molecule has 0 aromatic heterocycles. The van der Waals surface area contributed by atoms with Crippen LogP contribution in [0.3, 0.4) is 0 Å². The van der Waals surface area contributed by atoms with Crippen LogP contribution in [0.4, 0.5) is 0 Å². The van der Waals surface area contributed by atoms with Gasteiger partial charge in [0, 0.05) is 12.2 Å². The minimum Gasteiger partial charge on any atom is -0.320 e. The Morgan fingerprint density at radius 1 is 1.33 bits per heavy atom. The van der Waals surface area contributed by atoms with Gasteiger partial charge in [-0.05, 0) is 18.6 Å². The smallest absolute Gasteiger partial charge is 0.295 e. The maximum atomic E-state index is 12.3. The Morgan fingerprint density at radius 3 is 2.40 bits per heavy atom. The van der Waals surface area contributed by atoms with E-state index in [4.69, 9.17) is 4.52 Å². The minimum atomic E-state index is -3.30. The zero-order valence-corrected chi connectivity index (χ0v) is 9.87. The zero-order chi connectivity index (χ0) is 11.3. The molecule has 0 fully saturated rings. The van der Waals surface area contributed by atoms with Crippen molar-refractivity contribution in [1.29, 1.82) is 0 Å². The summed E-state index contributed by atoms with van der Waals surface area (Å²) < 4.78 is 17.5. The van der Waals surface area contributed by atoms with Crippen molar-refractivity contribution < 1.29 is 13.9 Å². The maximum absolute atomic E-state index is 12.3. The predicted octanol–water partition coefficient (Wildman–Crippen LogP) is 2.56. The van der Waals surface area contributed by atoms with Crippen LogP contribution in [-0.4, -0.2) is 12.1 Å². The van der Waals surface area contributed by atoms with E-state index in [9.17, 15) is 9.36 Å². The molecule has 0 aliphatic rings. The van der Waals surface area contributed by atoms with Crippen LogP contribution in [0.25, 0.3) is 0 Å². The first-order valence-electron chi connectivity index (χ1n) is 4.92. The van der Waals surface area contributed by atoms with Gasteiger partial charge in [0.05, 0.1) is 6.61 Å². The van der Waals surface area contributed by atoms with E-state index in [2.05, 4.69) is 0 Å². The van der Waals surface area contributed by atoms with E-state index in [-0.39, 0.29) is 0 Å². The van der Waals surface area contributed by atoms with Gasteiger partial charge in [-0.1, -0.05) is 25.1 Å². The third kappa shape index (κ3) is 2.77. The van der Waals surface area contributed by atoms with Gasteiger partial charge < -0.3 is 4.52 Å². The Kier molecular flexibility index (Phi) is 4.25. The molecule has 0 aliphatic carbocycles. The lowest BCUT2D eigenvalue weighted by molar-refractivity contribution is -0.110. The molecule has 1 aromatic rings. The number of hydrogen-bond donors (Lipinski definition) is 0. The highest BCUT2D eigenvalue weighted by atomic mass is 31.2. The van der Waals surface area contributed by atoms with E-state index in [0.29, 0.717) is 11.9 Å². The largest absolute Gasteiger partial charge is 0.320 e. The summed E-state index contributed by atoms with van der Waals surface area (Å²) in [7, 11) is -3.30. The molecular formula is C11H15O3P. The van der Waals surface area contributed by atoms with Gasteiger partial charge >= 0.3 is 0 Å². The van der Waals surface area contributed by atoms with Gasteiger partial charge in [-0.25, -0.2) is 0 Å². The fraction of sp³-hybridized carbons (Fsp3) is 0.364. The van der Waals surface area contributed by atoms with E-state index >= 15 is 0 Å². The first-order chi connectivity index (χ1) is 7.11. The second-order valence-corrected chi connectivity index (χ2v) is 5.75. The summed E-state index contributed by atoms with van der Waals surface area (Å²) in [6.07, 6.45) is 0.740. The number of carbonyl (C=O) groups is 1. The molecule has 0 saturated carbocycles. The minimum absolute atomic E-state index is 0.339. The van der Waals surface area contributed by atoms with Crippen LogP contribution in [0.2, 0.25) is 0 Å². The van der Waals surface area contributed by atoms with E-state index in [1.54, 1.807) is 24.3 Å². The van der Waals surface area contributed by atoms with E-state index in [0.717, 1.165) is 6.42 Å². The zero-order valence-electron chi connectivity index (χ0n) is 8.97. The molecule has 0 bridgehead atoms. The van der Waals surface area contributed by atoms with Gasteiger partial charge in [0.25, 0.3) is 7.37 Å². The summed E-state index contributed by atoms with van der Waals surface area (Å²) in [5.41, 5.74) is -0.401. The second kappa shape index (κ2) is 5.24. The van der Waals surface area contributed by atoms with Crippen molar-refractivity contribution >= 4 is 18.2 Å². The van der Waals surface area contributed by atoms with E-state index in [1.807, 2.05) is 13.0 Å². The molecule has 15 heavy (non-hydrogen) atoms. The van der Waals surface area contributed by atoms with Crippen molar-refractivity contribution in [3.63, 3.8) is 0 Å². The Morgan fingerprint density at radius 2 is 1.93 bits per heavy atom. The molecule has 0 aliphatic heterocycles. The number of carbonyl (C=O) groups excluding carboxylic acids is 1. The van der Waals surface area contributed by atoms with Crippen LogP contribution in [0.15, 0.2) is 30.3 Å². The third-order valence-corrected chi connectivity index (χ3v) is 4.34. The quantitative estimate of drug-likeness (QED) is 0.724. The molecule has 1 rings (SSSR count). The lowest BCUT2D eigenvalue weighted by Gasteiger charge is -2.15. The van der Waals surface area contributed by atoms with Crippen LogP contribution < -0.4 is 5.30 Å². The number of hydrogen-bond acceptors (Lipinski definition) is 3. The van der Waals surface area contributed by atoms with Crippen molar-refractivity contribution in [2.75, 3.05) is 6.61 Å². The number of rotatable bonds is 5. The maximum Gasteiger partial charge on any atom is 0.295 e. The molecule has 0 N–H and O–H groups in total. The van der Waals surface area contributed by atoms with Crippen molar-refractivity contribution in [2.45, 2.75) is 20.3 Å². The molecular weight excluding hydrogens is 211 g/mol. The van der Waals surface area contributed by atoms with Crippen molar-refractivity contribution in [3.05, 3.63) is 30.3 Å². The average Bonchev–Trinajstić information content (AvgIpc) is 2.27. The second-order valence-electron chi connectivity index (χ2n) is 3.24. The molecule has 1 unspecified atom stereocenters. The van der Waals surface area contributed by atoms with E-state index < -0.39 is 12.9 Å². The molecule has 0 spiro atoms. The predicted molar refractivity (Wildman–Crippen MR) is 60.6 cm³/mol. The molecule has 0 amide bonds. The summed E-state index contributed by atoms with van der Waals surface area (Å²) in [4.78, 5) is 11.4. The fourth-order valence-corrected chi connectivity index (χ4v) is 2.89. The highest BCUT2D eigenvalue weighted by Gasteiger charge is 2.31. The first-order valence-corrected chi connectivity index (χ1v) is 6.55. The Hall–Kier alpha value is -0.920. The van der Waals surface area contributed by atoms with Gasteiger partial charge in [0.1, 0.15) is 0 Å². The van der Waals surface area contributed by atoms with Crippen LogP contribution in [0.1, 0.15) is 20.3 Å². The monoisotopic (exact) mass is 226 g/mol. The number of benzene rings is 1. The standard InChI is InChI=1S/C11H15O3P/c1-3-9-14-15(13,10(2)12)11-7-5-4-6-8-11/h4-8H,3,9H2,1-2H3. The highest BCUT2D eigenvalue weighted by molar-refractivity contribution is 7.82. The first kappa shape index (κ1) is 12.2. The van der Waals surface area contributed by atoms with Crippen LogP contribution in [0.5, 0.6) is 0 Å². The summed E-state index contributed by atoms with van der Waals surface area (Å²) in [6, 6.07) is 8.64. The Labute approximate surface area is 89.9 Å². The molecule has 4 heteroatoms. The molecule has 1 atom stereocenters. The van der Waals surface area contributed by atoms with Gasteiger partial charge in [0.2, 0.25) is 5.52 Å². The van der Waals surface area contributed by atoms with Crippen LogP contribution in [-0.2, 0) is 13.9 Å². The molecule has 3 nitrogen and oxygen atoms in total. The summed E-state index contributed by atoms with van der Waals surface area (Å²) in [5, 5.41) is 0.478. The normalized spacial score (nSPS) is 14.5. The summed E-state index contributed by atoms with van der Waals surface area (Å²) >= 11 is 0. The Balaban J connectivity index is 3.02. The lowest BCUT2D eigenvalue weighted by Crippen LogP contribution is -2.13. The van der Waals surface area contributed by atoms with Crippen molar-refractivity contribution in [3.8, 4) is 0 Å². The molecule has 0 heterocycles. The fourth-order valence-electron chi connectivity index (χ4n) is 1.19. The van der Waals surface area contributed by atoms with Gasteiger partial charge in [-0.3, -0.25) is 9.36 Å². The molecule has 0 saturated heterocycles. The van der Waals surface area contributed by atoms with E-state index in [1.165, 1.54) is 6.92 Å². The van der Waals surface area contributed by atoms with Crippen LogP contribution >= 0.6 is 7.37 Å². The molecule has 0 radical (unpaired) electrons. The van der Waals surface area contributed by atoms with Crippen molar-refractivity contribution in [2.24, 2.45) is 0 Å². The lowest BCUT2D eigenvalue weighted by atomic mass is 10.4. The summed E-state index contributed by atoms with van der Waals surface area (Å²) in [5.74, 6) is 0. The van der Waals surface area contributed by atoms with Gasteiger partial charge in [-0.2, -0.15) is 0 Å².